The van der Waals surface area contributed by atoms with Gasteiger partial charge in [0, 0.05) is 26.4 Å². The first kappa shape index (κ1) is 19.3. The molecule has 5 nitrogen and oxygen atoms in total. The van der Waals surface area contributed by atoms with E-state index in [1.807, 2.05) is 18.2 Å². The number of fused-ring (bicyclic) bond motifs is 1. The van der Waals surface area contributed by atoms with Crippen molar-refractivity contribution in [2.24, 2.45) is 5.73 Å². The number of hydrogen-bond donors (Lipinski definition) is 2. The molecule has 1 heterocycles. The fraction of sp³-hybridized carbons (Fsp3) is 0.0500. The zero-order valence-electron chi connectivity index (χ0n) is 14.2. The van der Waals surface area contributed by atoms with Crippen molar-refractivity contribution in [1.29, 1.82) is 0 Å². The predicted molar refractivity (Wildman–Crippen MR) is 112 cm³/mol. The lowest BCUT2D eigenvalue weighted by molar-refractivity contribution is 0.0966. The van der Waals surface area contributed by atoms with Crippen LogP contribution in [0.1, 0.15) is 15.9 Å². The van der Waals surface area contributed by atoms with Gasteiger partial charge < -0.3 is 20.5 Å². The molecule has 0 aliphatic carbocycles. The molecule has 0 saturated heterocycles. The minimum Gasteiger partial charge on any atom is -0.454 e. The van der Waals surface area contributed by atoms with E-state index in [9.17, 15) is 4.79 Å². The molecule has 7 heteroatoms. The lowest BCUT2D eigenvalue weighted by Crippen LogP contribution is -2.21. The minimum atomic E-state index is -0.250. The number of halogens is 2. The zero-order chi connectivity index (χ0) is 19.4. The average molecular weight is 492 g/mol. The quantitative estimate of drug-likeness (QED) is 0.592. The lowest BCUT2D eigenvalue weighted by Gasteiger charge is -2.09. The van der Waals surface area contributed by atoms with Crippen molar-refractivity contribution in [2.45, 2.75) is 0 Å². The van der Waals surface area contributed by atoms with E-state index in [4.69, 9.17) is 15.2 Å². The Hall–Kier alpha value is -2.51. The van der Waals surface area contributed by atoms with Crippen molar-refractivity contribution >= 4 is 43.3 Å². The Morgan fingerprint density at radius 3 is 2.48 bits per heavy atom. The van der Waals surface area contributed by atoms with Gasteiger partial charge in [0.2, 0.25) is 6.79 Å². The summed E-state index contributed by atoms with van der Waals surface area (Å²) in [6.45, 7) is 4.07. The van der Waals surface area contributed by atoms with E-state index in [-0.39, 0.29) is 12.7 Å². The first-order valence-corrected chi connectivity index (χ1v) is 9.52. The number of allylic oxidation sites excluding steroid dienone is 3. The van der Waals surface area contributed by atoms with Crippen molar-refractivity contribution in [3.05, 3.63) is 87.1 Å². The highest BCUT2D eigenvalue weighted by Crippen LogP contribution is 2.39. The summed E-state index contributed by atoms with van der Waals surface area (Å²) in [7, 11) is 0. The van der Waals surface area contributed by atoms with Gasteiger partial charge in [-0.25, -0.2) is 0 Å². The summed E-state index contributed by atoms with van der Waals surface area (Å²) >= 11 is 6.88. The third kappa shape index (κ3) is 4.43. The van der Waals surface area contributed by atoms with E-state index < -0.39 is 0 Å². The molecule has 1 aliphatic rings. The van der Waals surface area contributed by atoms with Crippen molar-refractivity contribution in [3.8, 4) is 11.5 Å². The van der Waals surface area contributed by atoms with Crippen LogP contribution in [0.5, 0.6) is 11.5 Å². The fourth-order valence-electron chi connectivity index (χ4n) is 2.46. The molecule has 27 heavy (non-hydrogen) atoms. The van der Waals surface area contributed by atoms with Crippen LogP contribution >= 0.6 is 31.9 Å². The molecule has 0 radical (unpaired) electrons. The van der Waals surface area contributed by atoms with Crippen LogP contribution in [0.25, 0.3) is 5.57 Å². The number of amides is 1. The third-order valence-electron chi connectivity index (χ3n) is 3.81. The topological polar surface area (TPSA) is 73.6 Å². The van der Waals surface area contributed by atoms with Crippen molar-refractivity contribution in [2.75, 3.05) is 6.79 Å². The number of hydrogen-bond acceptors (Lipinski definition) is 4. The van der Waals surface area contributed by atoms with E-state index in [1.165, 1.54) is 6.20 Å². The first-order chi connectivity index (χ1) is 13.0. The predicted octanol–water partition coefficient (Wildman–Crippen LogP) is 4.74. The second-order valence-corrected chi connectivity index (χ2v) is 7.31. The maximum Gasteiger partial charge on any atom is 0.256 e. The van der Waals surface area contributed by atoms with Gasteiger partial charge in [-0.2, -0.15) is 0 Å². The Morgan fingerprint density at radius 2 is 1.78 bits per heavy atom. The van der Waals surface area contributed by atoms with Gasteiger partial charge in [-0.05, 0) is 51.8 Å². The second-order valence-electron chi connectivity index (χ2n) is 5.60. The van der Waals surface area contributed by atoms with E-state index >= 15 is 0 Å². The highest BCUT2D eigenvalue weighted by atomic mass is 79.9. The van der Waals surface area contributed by atoms with Crippen LogP contribution in [0.4, 0.5) is 0 Å². The van der Waals surface area contributed by atoms with Crippen LogP contribution < -0.4 is 20.5 Å². The van der Waals surface area contributed by atoms with Crippen molar-refractivity contribution < 1.29 is 14.3 Å². The summed E-state index contributed by atoms with van der Waals surface area (Å²) < 4.78 is 12.3. The second kappa shape index (κ2) is 8.45. The van der Waals surface area contributed by atoms with Gasteiger partial charge in [-0.1, -0.05) is 40.7 Å². The summed E-state index contributed by atoms with van der Waals surface area (Å²) in [4.78, 5) is 12.3. The molecular formula is C20H16Br2N2O3. The molecule has 2 aromatic rings. The number of carbonyl (C=O) groups excluding carboxylic acids is 1. The van der Waals surface area contributed by atoms with Gasteiger partial charge in [-0.15, -0.1) is 0 Å². The fourth-order valence-corrected chi connectivity index (χ4v) is 3.48. The molecule has 0 spiro atoms. The summed E-state index contributed by atoms with van der Waals surface area (Å²) in [5.41, 5.74) is 8.32. The number of nitrogens with two attached hydrogens (primary N) is 1. The maximum absolute atomic E-state index is 12.3. The first-order valence-electron chi connectivity index (χ1n) is 7.94. The van der Waals surface area contributed by atoms with Crippen LogP contribution in [0.2, 0.25) is 0 Å². The highest BCUT2D eigenvalue weighted by molar-refractivity contribution is 9.10. The monoisotopic (exact) mass is 490 g/mol. The molecule has 1 aliphatic heterocycles. The molecule has 2 aromatic carbocycles. The molecular weight excluding hydrogens is 476 g/mol. The van der Waals surface area contributed by atoms with Crippen LogP contribution in [0.15, 0.2) is 76.0 Å². The molecule has 3 N–H and O–H groups in total. The Bertz CT molecular complexity index is 968. The van der Waals surface area contributed by atoms with Gasteiger partial charge in [0.15, 0.2) is 11.5 Å². The Morgan fingerprint density at radius 1 is 1.07 bits per heavy atom. The number of ether oxygens (including phenoxy) is 2. The third-order valence-corrected chi connectivity index (χ3v) is 5.16. The SMILES string of the molecule is C=C(/C=C\C(=C/N)c1cc2c(cc1Br)OCO2)NC(=O)c1ccccc1Br. The van der Waals surface area contributed by atoms with E-state index in [0.717, 1.165) is 15.6 Å². The van der Waals surface area contributed by atoms with E-state index in [1.54, 1.807) is 30.4 Å². The summed E-state index contributed by atoms with van der Waals surface area (Å²) in [5.74, 6) is 1.08. The van der Waals surface area contributed by atoms with Gasteiger partial charge >= 0.3 is 0 Å². The smallest absolute Gasteiger partial charge is 0.256 e. The van der Waals surface area contributed by atoms with Crippen LogP contribution in [-0.4, -0.2) is 12.7 Å². The molecule has 0 saturated carbocycles. The van der Waals surface area contributed by atoms with Gasteiger partial charge in [-0.3, -0.25) is 4.79 Å². The summed E-state index contributed by atoms with van der Waals surface area (Å²) in [5, 5.41) is 2.75. The summed E-state index contributed by atoms with van der Waals surface area (Å²) in [6.07, 6.45) is 4.93. The number of rotatable bonds is 5. The molecule has 0 aromatic heterocycles. The molecule has 0 bridgehead atoms. The van der Waals surface area contributed by atoms with Gasteiger partial charge in [0.1, 0.15) is 0 Å². The van der Waals surface area contributed by atoms with E-state index in [2.05, 4.69) is 43.8 Å². The minimum absolute atomic E-state index is 0.195. The largest absolute Gasteiger partial charge is 0.454 e. The normalized spacial score (nSPS) is 13.0. The van der Waals surface area contributed by atoms with Crippen LogP contribution in [0, 0.1) is 0 Å². The molecule has 0 unspecified atom stereocenters. The number of benzene rings is 2. The molecule has 0 fully saturated rings. The molecule has 138 valence electrons. The Balaban J connectivity index is 1.73. The van der Waals surface area contributed by atoms with Crippen LogP contribution in [0.3, 0.4) is 0 Å². The van der Waals surface area contributed by atoms with Gasteiger partial charge in [0.05, 0.1) is 5.56 Å². The van der Waals surface area contributed by atoms with Crippen molar-refractivity contribution in [1.82, 2.24) is 5.32 Å². The van der Waals surface area contributed by atoms with Crippen molar-refractivity contribution in [3.63, 3.8) is 0 Å². The van der Waals surface area contributed by atoms with Crippen LogP contribution in [-0.2, 0) is 0 Å². The number of carbonyl (C=O) groups is 1. The average Bonchev–Trinajstić information content (AvgIpc) is 3.09. The standard InChI is InChI=1S/C20H16Br2N2O3/c1-12(24-20(25)14-4-2-3-5-16(14)21)6-7-13(10-23)15-8-18-19(9-17(15)22)27-11-26-18/h2-10H,1,11,23H2,(H,24,25)/b7-6-,13-10+. The number of nitrogens with one attached hydrogen (secondary N) is 1. The molecule has 0 atom stereocenters. The summed E-state index contributed by atoms with van der Waals surface area (Å²) in [6, 6.07) is 10.9. The molecule has 1 amide bonds. The maximum atomic E-state index is 12.3. The lowest BCUT2D eigenvalue weighted by atomic mass is 10.1. The highest BCUT2D eigenvalue weighted by Gasteiger charge is 2.17. The molecule has 3 rings (SSSR count). The Labute approximate surface area is 173 Å². The Kier molecular flexibility index (Phi) is 6.03. The van der Waals surface area contributed by atoms with E-state index in [0.29, 0.717) is 27.2 Å². The van der Waals surface area contributed by atoms with Gasteiger partial charge in [0.25, 0.3) is 5.91 Å². The zero-order valence-corrected chi connectivity index (χ0v) is 17.3.